The smallest absolute Gasteiger partial charge is 0.416 e. The van der Waals surface area contributed by atoms with Crippen molar-refractivity contribution in [2.45, 2.75) is 26.6 Å². The van der Waals surface area contributed by atoms with Gasteiger partial charge in [0.2, 0.25) is 11.3 Å². The summed E-state index contributed by atoms with van der Waals surface area (Å²) in [6.07, 6.45) is -3.01. The average molecular weight is 432 g/mol. The Hall–Kier alpha value is -3.69. The molecule has 3 aromatic rings. The summed E-state index contributed by atoms with van der Waals surface area (Å²) in [5, 5.41) is 6.59. The molecular formula is C21H19F3N4O3. The summed E-state index contributed by atoms with van der Waals surface area (Å²) >= 11 is 0. The molecule has 31 heavy (non-hydrogen) atoms. The largest absolute Gasteiger partial charge is 0.478 e. The summed E-state index contributed by atoms with van der Waals surface area (Å²) in [6.45, 7) is 3.85. The van der Waals surface area contributed by atoms with Gasteiger partial charge in [-0.25, -0.2) is 9.67 Å². The Morgan fingerprint density at radius 1 is 1.19 bits per heavy atom. The predicted octanol–water partition coefficient (Wildman–Crippen LogP) is 3.28. The van der Waals surface area contributed by atoms with Gasteiger partial charge in [0.1, 0.15) is 0 Å². The lowest BCUT2D eigenvalue weighted by molar-refractivity contribution is -0.137. The van der Waals surface area contributed by atoms with Gasteiger partial charge in [-0.05, 0) is 43.7 Å². The van der Waals surface area contributed by atoms with Gasteiger partial charge in [-0.2, -0.15) is 18.3 Å². The molecule has 3 rings (SSSR count). The number of benzene rings is 1. The number of alkyl halides is 3. The van der Waals surface area contributed by atoms with Gasteiger partial charge < -0.3 is 10.1 Å². The van der Waals surface area contributed by atoms with Crippen molar-refractivity contribution in [3.8, 4) is 11.6 Å². The van der Waals surface area contributed by atoms with Crippen molar-refractivity contribution in [3.05, 3.63) is 81.4 Å². The number of hydrogen-bond donors (Lipinski definition) is 1. The first kappa shape index (κ1) is 22.0. The highest BCUT2D eigenvalue weighted by atomic mass is 19.4. The molecule has 1 aromatic carbocycles. The van der Waals surface area contributed by atoms with E-state index in [1.54, 1.807) is 12.1 Å². The predicted molar refractivity (Wildman–Crippen MR) is 106 cm³/mol. The number of nitrogens with zero attached hydrogens (tertiary/aromatic N) is 3. The van der Waals surface area contributed by atoms with Crippen LogP contribution in [0, 0.1) is 6.92 Å². The van der Waals surface area contributed by atoms with Crippen molar-refractivity contribution in [3.63, 3.8) is 0 Å². The summed E-state index contributed by atoms with van der Waals surface area (Å²) in [7, 11) is 0. The lowest BCUT2D eigenvalue weighted by Crippen LogP contribution is -2.31. The van der Waals surface area contributed by atoms with Gasteiger partial charge in [0.05, 0.1) is 17.9 Å². The van der Waals surface area contributed by atoms with E-state index < -0.39 is 28.8 Å². The van der Waals surface area contributed by atoms with Crippen molar-refractivity contribution >= 4 is 5.91 Å². The Kier molecular flexibility index (Phi) is 6.38. The zero-order chi connectivity index (χ0) is 22.6. The Labute approximate surface area is 175 Å². The first-order valence-electron chi connectivity index (χ1n) is 9.33. The standard InChI is InChI=1S/C21H19F3N4O3/c1-3-31-18-10-14(7-8-25-18)12-26-20(30)19-17(29)9-13(2)28(27-19)16-6-4-5-15(11-16)21(22,23)24/h4-11H,3,12H2,1-2H3,(H,26,30). The Morgan fingerprint density at radius 2 is 1.97 bits per heavy atom. The Balaban J connectivity index is 1.86. The highest BCUT2D eigenvalue weighted by molar-refractivity contribution is 5.92. The van der Waals surface area contributed by atoms with Crippen LogP contribution < -0.4 is 15.5 Å². The van der Waals surface area contributed by atoms with E-state index in [0.717, 1.165) is 22.9 Å². The minimum atomic E-state index is -4.53. The van der Waals surface area contributed by atoms with Gasteiger partial charge >= 0.3 is 6.18 Å². The number of hydrogen-bond acceptors (Lipinski definition) is 5. The van der Waals surface area contributed by atoms with E-state index in [0.29, 0.717) is 18.1 Å². The number of aromatic nitrogens is 3. The van der Waals surface area contributed by atoms with Crippen LogP contribution >= 0.6 is 0 Å². The fourth-order valence-corrected chi connectivity index (χ4v) is 2.83. The molecule has 162 valence electrons. The van der Waals surface area contributed by atoms with Gasteiger partial charge in [-0.1, -0.05) is 6.07 Å². The van der Waals surface area contributed by atoms with Crippen molar-refractivity contribution in [1.82, 2.24) is 20.1 Å². The molecule has 0 saturated carbocycles. The van der Waals surface area contributed by atoms with Gasteiger partial charge in [0.25, 0.3) is 5.91 Å². The molecule has 0 fully saturated rings. The third kappa shape index (κ3) is 5.27. The van der Waals surface area contributed by atoms with Gasteiger partial charge in [0.15, 0.2) is 5.69 Å². The average Bonchev–Trinajstić information content (AvgIpc) is 2.72. The Bertz CT molecular complexity index is 1160. The fourth-order valence-electron chi connectivity index (χ4n) is 2.83. The second-order valence-electron chi connectivity index (χ2n) is 6.58. The molecule has 0 aliphatic heterocycles. The van der Waals surface area contributed by atoms with Crippen molar-refractivity contribution in [2.75, 3.05) is 6.61 Å². The maximum atomic E-state index is 13.0. The lowest BCUT2D eigenvalue weighted by atomic mass is 10.2. The summed E-state index contributed by atoms with van der Waals surface area (Å²) in [6, 6.07) is 8.95. The monoisotopic (exact) mass is 432 g/mol. The summed E-state index contributed by atoms with van der Waals surface area (Å²) in [5.41, 5.74) is -0.867. The van der Waals surface area contributed by atoms with E-state index in [4.69, 9.17) is 4.74 Å². The first-order valence-corrected chi connectivity index (χ1v) is 9.33. The Morgan fingerprint density at radius 3 is 2.68 bits per heavy atom. The zero-order valence-electron chi connectivity index (χ0n) is 16.7. The SMILES string of the molecule is CCOc1cc(CNC(=O)c2nn(-c3cccc(C(F)(F)F)c3)c(C)cc2=O)ccn1. The van der Waals surface area contributed by atoms with E-state index in [9.17, 15) is 22.8 Å². The van der Waals surface area contributed by atoms with E-state index in [1.807, 2.05) is 6.92 Å². The first-order chi connectivity index (χ1) is 14.7. The number of aryl methyl sites for hydroxylation is 1. The molecule has 0 aliphatic carbocycles. The van der Waals surface area contributed by atoms with Crippen LogP contribution in [0.1, 0.15) is 34.2 Å². The minimum Gasteiger partial charge on any atom is -0.478 e. The second-order valence-corrected chi connectivity index (χ2v) is 6.58. The third-order valence-electron chi connectivity index (χ3n) is 4.29. The van der Waals surface area contributed by atoms with Crippen LogP contribution in [-0.2, 0) is 12.7 Å². The van der Waals surface area contributed by atoms with Crippen LogP contribution in [-0.4, -0.2) is 27.3 Å². The molecule has 1 amide bonds. The molecule has 0 saturated heterocycles. The molecule has 0 aliphatic rings. The number of carbonyl (C=O) groups excluding carboxylic acids is 1. The van der Waals surface area contributed by atoms with Crippen LogP contribution in [0.2, 0.25) is 0 Å². The number of amides is 1. The lowest BCUT2D eigenvalue weighted by Gasteiger charge is -2.13. The topological polar surface area (TPSA) is 86.1 Å². The molecule has 0 atom stereocenters. The number of rotatable bonds is 6. The molecule has 2 aromatic heterocycles. The highest BCUT2D eigenvalue weighted by Crippen LogP contribution is 2.30. The molecule has 0 spiro atoms. The van der Waals surface area contributed by atoms with Crippen LogP contribution in [0.4, 0.5) is 13.2 Å². The summed E-state index contributed by atoms with van der Waals surface area (Å²) < 4.78 is 45.5. The fraction of sp³-hybridized carbons (Fsp3) is 0.238. The summed E-state index contributed by atoms with van der Waals surface area (Å²) in [5.74, 6) is -0.352. The van der Waals surface area contributed by atoms with E-state index in [2.05, 4.69) is 15.4 Å². The number of pyridine rings is 1. The number of halogens is 3. The van der Waals surface area contributed by atoms with Crippen molar-refractivity contribution < 1.29 is 22.7 Å². The van der Waals surface area contributed by atoms with E-state index in [-0.39, 0.29) is 17.9 Å². The molecule has 10 heteroatoms. The van der Waals surface area contributed by atoms with Crippen molar-refractivity contribution in [2.24, 2.45) is 0 Å². The van der Waals surface area contributed by atoms with Crippen LogP contribution in [0.25, 0.3) is 5.69 Å². The van der Waals surface area contributed by atoms with Gasteiger partial charge in [0, 0.05) is 30.6 Å². The molecule has 0 bridgehead atoms. The van der Waals surface area contributed by atoms with Crippen LogP contribution in [0.15, 0.2) is 53.5 Å². The molecule has 0 unspecified atom stereocenters. The quantitative estimate of drug-likeness (QED) is 0.646. The maximum Gasteiger partial charge on any atom is 0.416 e. The normalized spacial score (nSPS) is 11.3. The highest BCUT2D eigenvalue weighted by Gasteiger charge is 2.30. The molecule has 2 heterocycles. The molecule has 1 N–H and O–H groups in total. The summed E-state index contributed by atoms with van der Waals surface area (Å²) in [4.78, 5) is 28.9. The van der Waals surface area contributed by atoms with Crippen LogP contribution in [0.5, 0.6) is 5.88 Å². The van der Waals surface area contributed by atoms with E-state index in [1.165, 1.54) is 25.3 Å². The third-order valence-corrected chi connectivity index (χ3v) is 4.29. The van der Waals surface area contributed by atoms with Gasteiger partial charge in [-0.15, -0.1) is 0 Å². The van der Waals surface area contributed by atoms with Gasteiger partial charge in [-0.3, -0.25) is 9.59 Å². The molecular weight excluding hydrogens is 413 g/mol. The van der Waals surface area contributed by atoms with Crippen LogP contribution in [0.3, 0.4) is 0 Å². The van der Waals surface area contributed by atoms with Crippen molar-refractivity contribution in [1.29, 1.82) is 0 Å². The molecule has 7 nitrogen and oxygen atoms in total. The number of carbonyl (C=O) groups is 1. The van der Waals surface area contributed by atoms with E-state index >= 15 is 0 Å². The molecule has 0 radical (unpaired) electrons. The number of nitrogens with one attached hydrogen (secondary N) is 1. The maximum absolute atomic E-state index is 13.0. The number of ether oxygens (including phenoxy) is 1. The zero-order valence-corrected chi connectivity index (χ0v) is 16.7. The minimum absolute atomic E-state index is 0.0804. The second kappa shape index (κ2) is 8.99.